The number of furan rings is 1. The fourth-order valence-electron chi connectivity index (χ4n) is 3.31. The van der Waals surface area contributed by atoms with E-state index in [2.05, 4.69) is 5.32 Å². The number of fused-ring (bicyclic) bond motifs is 1. The molecule has 0 aliphatic carbocycles. The first-order valence-electron chi connectivity index (χ1n) is 8.74. The molecule has 1 fully saturated rings. The summed E-state index contributed by atoms with van der Waals surface area (Å²) in [5.41, 5.74) is 2.76. The predicted molar refractivity (Wildman–Crippen MR) is 100 cm³/mol. The van der Waals surface area contributed by atoms with Crippen LogP contribution in [0.25, 0.3) is 11.0 Å². The SMILES string of the molecule is Cc1ccc(N2CC(CNC(=O)c3cc4ccccc4o3)CC2=O)cc1. The zero-order valence-corrected chi connectivity index (χ0v) is 14.6. The molecule has 2 aromatic carbocycles. The standard InChI is InChI=1S/C21H20N2O3/c1-14-6-8-17(9-7-14)23-13-15(10-20(23)24)12-22-21(25)19-11-16-4-2-3-5-18(16)26-19/h2-9,11,15H,10,12-13H2,1H3,(H,22,25). The highest BCUT2D eigenvalue weighted by Crippen LogP contribution is 2.25. The number of carbonyl (C=O) groups excluding carboxylic acids is 2. The zero-order chi connectivity index (χ0) is 18.1. The van der Waals surface area contributed by atoms with Crippen molar-refractivity contribution in [1.82, 2.24) is 5.32 Å². The van der Waals surface area contributed by atoms with Crippen molar-refractivity contribution in [3.63, 3.8) is 0 Å². The summed E-state index contributed by atoms with van der Waals surface area (Å²) in [6.45, 7) is 3.08. The number of hydrogen-bond donors (Lipinski definition) is 1. The van der Waals surface area contributed by atoms with E-state index < -0.39 is 0 Å². The van der Waals surface area contributed by atoms with Crippen molar-refractivity contribution < 1.29 is 14.0 Å². The number of aryl methyl sites for hydroxylation is 1. The summed E-state index contributed by atoms with van der Waals surface area (Å²) < 4.78 is 5.58. The maximum absolute atomic E-state index is 12.3. The lowest BCUT2D eigenvalue weighted by Crippen LogP contribution is -2.31. The number of carbonyl (C=O) groups is 2. The Labute approximate surface area is 151 Å². The van der Waals surface area contributed by atoms with Crippen molar-refractivity contribution >= 4 is 28.5 Å². The molecule has 26 heavy (non-hydrogen) atoms. The van der Waals surface area contributed by atoms with Gasteiger partial charge in [-0.1, -0.05) is 35.9 Å². The third-order valence-corrected chi connectivity index (χ3v) is 4.75. The Bertz CT molecular complexity index is 926. The summed E-state index contributed by atoms with van der Waals surface area (Å²) in [4.78, 5) is 26.4. The summed E-state index contributed by atoms with van der Waals surface area (Å²) >= 11 is 0. The van der Waals surface area contributed by atoms with Gasteiger partial charge < -0.3 is 14.6 Å². The number of anilines is 1. The van der Waals surface area contributed by atoms with Crippen molar-refractivity contribution in [2.45, 2.75) is 13.3 Å². The van der Waals surface area contributed by atoms with Gasteiger partial charge in [-0.05, 0) is 31.2 Å². The quantitative estimate of drug-likeness (QED) is 0.785. The summed E-state index contributed by atoms with van der Waals surface area (Å²) in [7, 11) is 0. The second-order valence-electron chi connectivity index (χ2n) is 6.77. The summed E-state index contributed by atoms with van der Waals surface area (Å²) in [5, 5.41) is 3.79. The van der Waals surface area contributed by atoms with Crippen molar-refractivity contribution in [3.8, 4) is 0 Å². The molecule has 5 heteroatoms. The molecular formula is C21H20N2O3. The average Bonchev–Trinajstić information content (AvgIpc) is 3.24. The van der Waals surface area contributed by atoms with E-state index >= 15 is 0 Å². The lowest BCUT2D eigenvalue weighted by atomic mass is 10.1. The summed E-state index contributed by atoms with van der Waals surface area (Å²) in [6, 6.07) is 17.2. The van der Waals surface area contributed by atoms with Crippen LogP contribution in [-0.4, -0.2) is 24.9 Å². The highest BCUT2D eigenvalue weighted by molar-refractivity contribution is 5.97. The minimum atomic E-state index is -0.248. The number of amides is 2. The Morgan fingerprint density at radius 1 is 1.19 bits per heavy atom. The molecule has 132 valence electrons. The van der Waals surface area contributed by atoms with Crippen LogP contribution >= 0.6 is 0 Å². The molecule has 1 N–H and O–H groups in total. The molecule has 5 nitrogen and oxygen atoms in total. The number of benzene rings is 2. The van der Waals surface area contributed by atoms with Gasteiger partial charge in [0.25, 0.3) is 5.91 Å². The molecule has 1 unspecified atom stereocenters. The maximum Gasteiger partial charge on any atom is 0.287 e. The first-order chi connectivity index (χ1) is 12.6. The Hall–Kier alpha value is -3.08. The fraction of sp³-hybridized carbons (Fsp3) is 0.238. The fourth-order valence-corrected chi connectivity index (χ4v) is 3.31. The second kappa shape index (κ2) is 6.67. The number of nitrogens with one attached hydrogen (secondary N) is 1. The highest BCUT2D eigenvalue weighted by atomic mass is 16.3. The van der Waals surface area contributed by atoms with Crippen LogP contribution in [0.2, 0.25) is 0 Å². The van der Waals surface area contributed by atoms with Crippen LogP contribution in [0.5, 0.6) is 0 Å². The van der Waals surface area contributed by atoms with E-state index in [0.29, 0.717) is 30.9 Å². The number of hydrogen-bond acceptors (Lipinski definition) is 3. The molecule has 2 amide bonds. The van der Waals surface area contributed by atoms with E-state index in [-0.39, 0.29) is 17.7 Å². The van der Waals surface area contributed by atoms with Gasteiger partial charge in [-0.2, -0.15) is 0 Å². The first-order valence-corrected chi connectivity index (χ1v) is 8.74. The molecule has 0 bridgehead atoms. The van der Waals surface area contributed by atoms with Gasteiger partial charge in [-0.25, -0.2) is 0 Å². The molecule has 4 rings (SSSR count). The molecule has 0 radical (unpaired) electrons. The average molecular weight is 348 g/mol. The van der Waals surface area contributed by atoms with E-state index in [9.17, 15) is 9.59 Å². The molecule has 1 atom stereocenters. The van der Waals surface area contributed by atoms with Crippen LogP contribution in [0.1, 0.15) is 22.5 Å². The van der Waals surface area contributed by atoms with Crippen LogP contribution in [0, 0.1) is 12.8 Å². The van der Waals surface area contributed by atoms with Crippen LogP contribution in [0.3, 0.4) is 0 Å². The van der Waals surface area contributed by atoms with Crippen molar-refractivity contribution in [2.75, 3.05) is 18.0 Å². The lowest BCUT2D eigenvalue weighted by molar-refractivity contribution is -0.117. The summed E-state index contributed by atoms with van der Waals surface area (Å²) in [5.74, 6) is 0.238. The van der Waals surface area contributed by atoms with E-state index in [4.69, 9.17) is 4.42 Å². The monoisotopic (exact) mass is 348 g/mol. The summed E-state index contributed by atoms with van der Waals surface area (Å²) in [6.07, 6.45) is 0.439. The van der Waals surface area contributed by atoms with Crippen LogP contribution in [0.15, 0.2) is 59.0 Å². The molecule has 0 saturated carbocycles. The van der Waals surface area contributed by atoms with Crippen LogP contribution in [0.4, 0.5) is 5.69 Å². The van der Waals surface area contributed by atoms with Crippen molar-refractivity contribution in [2.24, 2.45) is 5.92 Å². The van der Waals surface area contributed by atoms with Gasteiger partial charge in [0.05, 0.1) is 0 Å². The maximum atomic E-state index is 12.3. The lowest BCUT2D eigenvalue weighted by Gasteiger charge is -2.17. The van der Waals surface area contributed by atoms with Gasteiger partial charge in [-0.3, -0.25) is 9.59 Å². The molecule has 0 spiro atoms. The molecule has 1 aliphatic heterocycles. The van der Waals surface area contributed by atoms with Crippen molar-refractivity contribution in [3.05, 3.63) is 65.9 Å². The largest absolute Gasteiger partial charge is 0.451 e. The zero-order valence-electron chi connectivity index (χ0n) is 14.6. The van der Waals surface area contributed by atoms with E-state index in [1.165, 1.54) is 0 Å². The van der Waals surface area contributed by atoms with E-state index in [1.807, 2.05) is 55.5 Å². The van der Waals surface area contributed by atoms with Gasteiger partial charge in [0, 0.05) is 36.5 Å². The second-order valence-corrected chi connectivity index (χ2v) is 6.77. The van der Waals surface area contributed by atoms with Gasteiger partial charge in [0.1, 0.15) is 5.58 Å². The molecular weight excluding hydrogens is 328 g/mol. The first kappa shape index (κ1) is 16.4. The molecule has 1 aromatic heterocycles. The number of nitrogens with zero attached hydrogens (tertiary/aromatic N) is 1. The number of rotatable bonds is 4. The molecule has 1 saturated heterocycles. The van der Waals surface area contributed by atoms with Crippen LogP contribution in [-0.2, 0) is 4.79 Å². The number of para-hydroxylation sites is 1. The van der Waals surface area contributed by atoms with E-state index in [1.54, 1.807) is 11.0 Å². The molecule has 1 aliphatic rings. The minimum Gasteiger partial charge on any atom is -0.451 e. The highest BCUT2D eigenvalue weighted by Gasteiger charge is 2.30. The Balaban J connectivity index is 1.38. The van der Waals surface area contributed by atoms with Gasteiger partial charge in [0.15, 0.2) is 5.76 Å². The van der Waals surface area contributed by atoms with Crippen LogP contribution < -0.4 is 10.2 Å². The molecule has 2 heterocycles. The predicted octanol–water partition coefficient (Wildman–Crippen LogP) is 3.52. The molecule has 3 aromatic rings. The normalized spacial score (nSPS) is 17.0. The Kier molecular flexibility index (Phi) is 4.21. The minimum absolute atomic E-state index is 0.0943. The van der Waals surface area contributed by atoms with E-state index in [0.717, 1.165) is 16.6 Å². The topological polar surface area (TPSA) is 62.6 Å². The smallest absolute Gasteiger partial charge is 0.287 e. The van der Waals surface area contributed by atoms with Crippen molar-refractivity contribution in [1.29, 1.82) is 0 Å². The Morgan fingerprint density at radius 3 is 2.73 bits per heavy atom. The van der Waals surface area contributed by atoms with Gasteiger partial charge in [0.2, 0.25) is 5.91 Å². The van der Waals surface area contributed by atoms with Gasteiger partial charge in [-0.15, -0.1) is 0 Å². The van der Waals surface area contributed by atoms with Gasteiger partial charge >= 0.3 is 0 Å². The Morgan fingerprint density at radius 2 is 1.96 bits per heavy atom. The third-order valence-electron chi connectivity index (χ3n) is 4.75. The third kappa shape index (κ3) is 3.20.